The van der Waals surface area contributed by atoms with Crippen LogP contribution in [-0.2, 0) is 14.3 Å². The van der Waals surface area contributed by atoms with Gasteiger partial charge in [-0.1, -0.05) is 217 Å². The molecule has 7 nitrogen and oxygen atoms in total. The zero-order chi connectivity index (χ0) is 49.9. The summed E-state index contributed by atoms with van der Waals surface area (Å²) in [7, 11) is 0. The van der Waals surface area contributed by atoms with E-state index in [-0.39, 0.29) is 19.2 Å². The molecule has 0 fully saturated rings. The number of ether oxygens (including phenoxy) is 2. The standard InChI is InChI=1S/C62H120N2O5/c1-3-5-7-9-11-13-15-17-19-21-23-25-27-33-39-45-51-63(55-57-65)52-46-40-35-29-30-37-43-49-59-69-62(67)50-44-38-32-31-36-42-48-54-64(56-60-68-61-58-66)53-47-41-34-28-26-24-22-20-18-16-14-12-10-8-6-4-2/h11,13,17-20,65-66H,3-10,12,14-16,21-61H2,1-2H3/b13-11-,19-17-,20-18-. The van der Waals surface area contributed by atoms with Crippen molar-refractivity contribution in [3.63, 3.8) is 0 Å². The Morgan fingerprint density at radius 2 is 0.696 bits per heavy atom. The molecule has 0 saturated carbocycles. The van der Waals surface area contributed by atoms with Crippen LogP contribution in [-0.4, -0.2) is 98.3 Å². The Bertz CT molecular complexity index is 1070. The summed E-state index contributed by atoms with van der Waals surface area (Å²) in [6.07, 6.45) is 67.1. The zero-order valence-electron chi connectivity index (χ0n) is 46.5. The van der Waals surface area contributed by atoms with Crippen LogP contribution in [0.15, 0.2) is 36.5 Å². The van der Waals surface area contributed by atoms with Gasteiger partial charge in [-0.25, -0.2) is 0 Å². The van der Waals surface area contributed by atoms with Crippen molar-refractivity contribution in [2.75, 3.05) is 72.3 Å². The molecule has 0 aliphatic heterocycles. The molecule has 0 aromatic carbocycles. The van der Waals surface area contributed by atoms with Crippen molar-refractivity contribution in [1.82, 2.24) is 9.80 Å². The summed E-state index contributed by atoms with van der Waals surface area (Å²) >= 11 is 0. The maximum Gasteiger partial charge on any atom is 0.305 e. The molecule has 408 valence electrons. The summed E-state index contributed by atoms with van der Waals surface area (Å²) in [5, 5.41) is 18.7. The second-order valence-corrected chi connectivity index (χ2v) is 20.5. The lowest BCUT2D eigenvalue weighted by Gasteiger charge is -2.22. The van der Waals surface area contributed by atoms with Crippen LogP contribution in [0.4, 0.5) is 0 Å². The molecule has 0 atom stereocenters. The number of nitrogens with zero attached hydrogens (tertiary/aromatic N) is 2. The third kappa shape index (κ3) is 57.3. The number of aliphatic hydroxyl groups excluding tert-OH is 2. The molecule has 0 aliphatic carbocycles. The van der Waals surface area contributed by atoms with Gasteiger partial charge in [0.25, 0.3) is 0 Å². The summed E-state index contributed by atoms with van der Waals surface area (Å²) in [6, 6.07) is 0. The van der Waals surface area contributed by atoms with E-state index in [0.717, 1.165) is 71.4 Å². The van der Waals surface area contributed by atoms with E-state index in [4.69, 9.17) is 14.6 Å². The smallest absolute Gasteiger partial charge is 0.305 e. The number of carbonyl (C=O) groups is 1. The van der Waals surface area contributed by atoms with Gasteiger partial charge in [0.1, 0.15) is 0 Å². The number of aliphatic hydroxyl groups is 2. The van der Waals surface area contributed by atoms with Crippen LogP contribution in [0, 0.1) is 0 Å². The summed E-state index contributed by atoms with van der Waals surface area (Å²) in [5.41, 5.74) is 0. The van der Waals surface area contributed by atoms with Crippen molar-refractivity contribution in [3.05, 3.63) is 36.5 Å². The van der Waals surface area contributed by atoms with Crippen LogP contribution in [0.2, 0.25) is 0 Å². The second kappa shape index (κ2) is 60.8. The fourth-order valence-corrected chi connectivity index (χ4v) is 9.32. The van der Waals surface area contributed by atoms with Crippen molar-refractivity contribution in [2.24, 2.45) is 0 Å². The first-order valence-electron chi connectivity index (χ1n) is 30.5. The zero-order valence-corrected chi connectivity index (χ0v) is 46.5. The summed E-state index contributed by atoms with van der Waals surface area (Å²) < 4.78 is 11.1. The van der Waals surface area contributed by atoms with Crippen LogP contribution >= 0.6 is 0 Å². The van der Waals surface area contributed by atoms with Gasteiger partial charge in [0, 0.05) is 19.5 Å². The average Bonchev–Trinajstić information content (AvgIpc) is 3.35. The van der Waals surface area contributed by atoms with Gasteiger partial charge >= 0.3 is 5.97 Å². The van der Waals surface area contributed by atoms with E-state index < -0.39 is 0 Å². The maximum atomic E-state index is 12.3. The van der Waals surface area contributed by atoms with Crippen molar-refractivity contribution < 1.29 is 24.5 Å². The minimum Gasteiger partial charge on any atom is -0.466 e. The van der Waals surface area contributed by atoms with Gasteiger partial charge in [-0.15, -0.1) is 0 Å². The summed E-state index contributed by atoms with van der Waals surface area (Å²) in [6.45, 7) is 13.0. The largest absolute Gasteiger partial charge is 0.466 e. The Hall–Kier alpha value is -1.51. The lowest BCUT2D eigenvalue weighted by atomic mass is 10.1. The van der Waals surface area contributed by atoms with Gasteiger partial charge in [0.2, 0.25) is 0 Å². The molecule has 0 radical (unpaired) electrons. The molecular weight excluding hydrogens is 853 g/mol. The van der Waals surface area contributed by atoms with Gasteiger partial charge < -0.3 is 29.5 Å². The topological polar surface area (TPSA) is 82.5 Å². The van der Waals surface area contributed by atoms with Gasteiger partial charge in [-0.3, -0.25) is 4.79 Å². The normalized spacial score (nSPS) is 12.1. The van der Waals surface area contributed by atoms with E-state index in [1.54, 1.807) is 0 Å². The van der Waals surface area contributed by atoms with Crippen LogP contribution < -0.4 is 0 Å². The molecular formula is C62H120N2O5. The maximum absolute atomic E-state index is 12.3. The molecule has 7 heteroatoms. The highest BCUT2D eigenvalue weighted by molar-refractivity contribution is 5.69. The Morgan fingerprint density at radius 3 is 1.13 bits per heavy atom. The van der Waals surface area contributed by atoms with E-state index >= 15 is 0 Å². The van der Waals surface area contributed by atoms with E-state index in [0.29, 0.717) is 26.2 Å². The van der Waals surface area contributed by atoms with E-state index in [1.165, 1.54) is 231 Å². The number of allylic oxidation sites excluding steroid dienone is 6. The highest BCUT2D eigenvalue weighted by Crippen LogP contribution is 2.15. The predicted molar refractivity (Wildman–Crippen MR) is 302 cm³/mol. The SMILES string of the molecule is CCCCC/C=C\C/C=C\CCCCCCCCN(CCO)CCCCCCCCCCOC(=O)CCCCCCCCCN(CCCCCCCC/C=C\CCCCCCCC)CCOCCO. The molecule has 0 aromatic rings. The molecule has 69 heavy (non-hydrogen) atoms. The monoisotopic (exact) mass is 973 g/mol. The lowest BCUT2D eigenvalue weighted by molar-refractivity contribution is -0.143. The fraction of sp³-hybridized carbons (Fsp3) is 0.887. The predicted octanol–water partition coefficient (Wildman–Crippen LogP) is 17.2. The van der Waals surface area contributed by atoms with Crippen LogP contribution in [0.5, 0.6) is 0 Å². The second-order valence-electron chi connectivity index (χ2n) is 20.5. The lowest BCUT2D eigenvalue weighted by Crippen LogP contribution is -2.30. The minimum absolute atomic E-state index is 0.0129. The summed E-state index contributed by atoms with van der Waals surface area (Å²) in [4.78, 5) is 17.3. The highest BCUT2D eigenvalue weighted by Gasteiger charge is 2.07. The molecule has 0 bridgehead atoms. The molecule has 0 amide bonds. The van der Waals surface area contributed by atoms with Crippen LogP contribution in [0.25, 0.3) is 0 Å². The van der Waals surface area contributed by atoms with E-state index in [9.17, 15) is 9.90 Å². The Morgan fingerprint density at radius 1 is 0.348 bits per heavy atom. The van der Waals surface area contributed by atoms with Gasteiger partial charge in [0.15, 0.2) is 0 Å². The number of hydrogen-bond acceptors (Lipinski definition) is 7. The average molecular weight is 974 g/mol. The fourth-order valence-electron chi connectivity index (χ4n) is 9.32. The number of hydrogen-bond donors (Lipinski definition) is 2. The number of esters is 1. The van der Waals surface area contributed by atoms with Crippen molar-refractivity contribution in [1.29, 1.82) is 0 Å². The highest BCUT2D eigenvalue weighted by atomic mass is 16.5. The van der Waals surface area contributed by atoms with Gasteiger partial charge in [-0.2, -0.15) is 0 Å². The first kappa shape index (κ1) is 67.5. The third-order valence-electron chi connectivity index (χ3n) is 13.9. The van der Waals surface area contributed by atoms with E-state index in [2.05, 4.69) is 60.1 Å². The summed E-state index contributed by atoms with van der Waals surface area (Å²) in [5.74, 6) is -0.0129. The number of carbonyl (C=O) groups excluding carboxylic acids is 1. The molecule has 2 N–H and O–H groups in total. The Kier molecular flexibility index (Phi) is 59.5. The minimum atomic E-state index is -0.0129. The molecule has 0 saturated heterocycles. The first-order valence-corrected chi connectivity index (χ1v) is 30.5. The van der Waals surface area contributed by atoms with Crippen molar-refractivity contribution >= 4 is 5.97 Å². The molecule has 0 unspecified atom stereocenters. The Balaban J connectivity index is 3.69. The van der Waals surface area contributed by atoms with Gasteiger partial charge in [0.05, 0.1) is 33.0 Å². The Labute approximate surface area is 430 Å². The van der Waals surface area contributed by atoms with Crippen LogP contribution in [0.3, 0.4) is 0 Å². The molecule has 0 rings (SSSR count). The van der Waals surface area contributed by atoms with E-state index in [1.807, 2.05) is 0 Å². The molecule has 0 spiro atoms. The molecule has 0 aromatic heterocycles. The number of rotatable bonds is 59. The molecule has 0 aliphatic rings. The van der Waals surface area contributed by atoms with Gasteiger partial charge in [-0.05, 0) is 122 Å². The third-order valence-corrected chi connectivity index (χ3v) is 13.9. The van der Waals surface area contributed by atoms with Crippen LogP contribution in [0.1, 0.15) is 284 Å². The van der Waals surface area contributed by atoms with Crippen molar-refractivity contribution in [3.8, 4) is 0 Å². The first-order chi connectivity index (χ1) is 34.2. The quantitative estimate of drug-likeness (QED) is 0.0357. The number of unbranched alkanes of at least 4 members (excludes halogenated alkanes) is 34. The molecule has 0 heterocycles. The van der Waals surface area contributed by atoms with Crippen molar-refractivity contribution in [2.45, 2.75) is 284 Å².